The molecule has 0 bridgehead atoms. The normalized spacial score (nSPS) is 11.1. The monoisotopic (exact) mass is 354 g/mol. The summed E-state index contributed by atoms with van der Waals surface area (Å²) < 4.78 is 1.21. The second kappa shape index (κ2) is 10.2. The molecule has 0 radical (unpaired) electrons. The van der Waals surface area contributed by atoms with Crippen molar-refractivity contribution in [1.82, 2.24) is 5.32 Å². The predicted octanol–water partition coefficient (Wildman–Crippen LogP) is 5.21. The number of halogens is 1. The van der Waals surface area contributed by atoms with Gasteiger partial charge in [0.1, 0.15) is 0 Å². The summed E-state index contributed by atoms with van der Waals surface area (Å²) >= 11 is 3.76. The fourth-order valence-corrected chi connectivity index (χ4v) is 3.26. The lowest BCUT2D eigenvalue weighted by molar-refractivity contribution is 0.486. The van der Waals surface area contributed by atoms with Gasteiger partial charge in [-0.3, -0.25) is 0 Å². The van der Waals surface area contributed by atoms with Crippen LogP contribution in [0.2, 0.25) is 0 Å². The van der Waals surface area contributed by atoms with E-state index in [1.807, 2.05) is 0 Å². The maximum atomic E-state index is 3.76. The minimum atomic E-state index is 0.780. The molecule has 0 atom stereocenters. The molecule has 0 aromatic heterocycles. The van der Waals surface area contributed by atoms with Crippen LogP contribution in [0.5, 0.6) is 0 Å². The van der Waals surface area contributed by atoms with Crippen LogP contribution in [0.15, 0.2) is 22.7 Å². The van der Waals surface area contributed by atoms with Crippen molar-refractivity contribution in [1.29, 1.82) is 0 Å². The van der Waals surface area contributed by atoms with Gasteiger partial charge in [0.15, 0.2) is 0 Å². The maximum Gasteiger partial charge on any atom is 0.0510 e. The van der Waals surface area contributed by atoms with Crippen LogP contribution in [0.1, 0.15) is 52.5 Å². The lowest BCUT2D eigenvalue weighted by Gasteiger charge is -2.28. The smallest absolute Gasteiger partial charge is 0.0510 e. The standard InChI is InChI=1S/C18H31BrN2/c1-5-11-20-13-16-9-10-18(17(19)12-16)21(8-4)14-15(6-2)7-3/h9-10,12,15,20H,5-8,11,13-14H2,1-4H3. The molecule has 2 nitrogen and oxygen atoms in total. The number of hydrogen-bond donors (Lipinski definition) is 1. The Morgan fingerprint density at radius 3 is 2.38 bits per heavy atom. The van der Waals surface area contributed by atoms with E-state index in [9.17, 15) is 0 Å². The van der Waals surface area contributed by atoms with Crippen LogP contribution in [0.25, 0.3) is 0 Å². The highest BCUT2D eigenvalue weighted by molar-refractivity contribution is 9.10. The second-order valence-corrected chi connectivity index (χ2v) is 6.54. The van der Waals surface area contributed by atoms with Crippen LogP contribution < -0.4 is 10.2 Å². The van der Waals surface area contributed by atoms with E-state index in [1.165, 1.54) is 35.0 Å². The van der Waals surface area contributed by atoms with Gasteiger partial charge < -0.3 is 10.2 Å². The SMILES string of the molecule is CCCNCc1ccc(N(CC)CC(CC)CC)c(Br)c1. The zero-order chi connectivity index (χ0) is 15.7. The van der Waals surface area contributed by atoms with Gasteiger partial charge in [0.2, 0.25) is 0 Å². The van der Waals surface area contributed by atoms with Gasteiger partial charge in [-0.15, -0.1) is 0 Å². The average Bonchev–Trinajstić information content (AvgIpc) is 2.50. The van der Waals surface area contributed by atoms with E-state index in [2.05, 4.69) is 72.0 Å². The third-order valence-corrected chi connectivity index (χ3v) is 4.76. The van der Waals surface area contributed by atoms with Crippen LogP contribution in [0, 0.1) is 5.92 Å². The molecule has 1 aromatic carbocycles. The lowest BCUT2D eigenvalue weighted by atomic mass is 10.0. The van der Waals surface area contributed by atoms with Gasteiger partial charge in [0, 0.05) is 24.1 Å². The van der Waals surface area contributed by atoms with Crippen LogP contribution in [-0.2, 0) is 6.54 Å². The number of rotatable bonds is 10. The lowest BCUT2D eigenvalue weighted by Crippen LogP contribution is -2.29. The molecule has 0 aliphatic heterocycles. The summed E-state index contributed by atoms with van der Waals surface area (Å²) in [5, 5.41) is 3.46. The summed E-state index contributed by atoms with van der Waals surface area (Å²) in [5.41, 5.74) is 2.67. The molecule has 0 saturated heterocycles. The molecule has 120 valence electrons. The molecular formula is C18H31BrN2. The Hall–Kier alpha value is -0.540. The van der Waals surface area contributed by atoms with Crippen LogP contribution in [-0.4, -0.2) is 19.6 Å². The van der Waals surface area contributed by atoms with Gasteiger partial charge in [-0.05, 0) is 59.4 Å². The largest absolute Gasteiger partial charge is 0.371 e. The minimum absolute atomic E-state index is 0.780. The Balaban J connectivity index is 2.76. The quantitative estimate of drug-likeness (QED) is 0.580. The van der Waals surface area contributed by atoms with Gasteiger partial charge in [0.05, 0.1) is 5.69 Å². The first-order valence-corrected chi connectivity index (χ1v) is 9.19. The number of anilines is 1. The molecule has 0 saturated carbocycles. The molecule has 0 unspecified atom stereocenters. The third kappa shape index (κ3) is 5.99. The van der Waals surface area contributed by atoms with E-state index >= 15 is 0 Å². The Kier molecular flexibility index (Phi) is 9.02. The van der Waals surface area contributed by atoms with Crippen LogP contribution in [0.3, 0.4) is 0 Å². The summed E-state index contributed by atoms with van der Waals surface area (Å²) in [6, 6.07) is 6.77. The van der Waals surface area contributed by atoms with Crippen molar-refractivity contribution in [2.75, 3.05) is 24.5 Å². The van der Waals surface area contributed by atoms with Crippen molar-refractivity contribution in [3.8, 4) is 0 Å². The zero-order valence-electron chi connectivity index (χ0n) is 14.1. The van der Waals surface area contributed by atoms with Gasteiger partial charge in [-0.25, -0.2) is 0 Å². The zero-order valence-corrected chi connectivity index (χ0v) is 15.7. The van der Waals surface area contributed by atoms with E-state index in [0.717, 1.165) is 32.1 Å². The van der Waals surface area contributed by atoms with Gasteiger partial charge >= 0.3 is 0 Å². The molecule has 0 spiro atoms. The summed E-state index contributed by atoms with van der Waals surface area (Å²) in [7, 11) is 0. The van der Waals surface area contributed by atoms with E-state index in [-0.39, 0.29) is 0 Å². The highest BCUT2D eigenvalue weighted by Gasteiger charge is 2.13. The molecule has 0 aliphatic rings. The Morgan fingerprint density at radius 1 is 1.14 bits per heavy atom. The van der Waals surface area contributed by atoms with Crippen molar-refractivity contribution >= 4 is 21.6 Å². The predicted molar refractivity (Wildman–Crippen MR) is 98.1 cm³/mol. The molecule has 1 rings (SSSR count). The molecule has 0 fully saturated rings. The molecular weight excluding hydrogens is 324 g/mol. The van der Waals surface area contributed by atoms with E-state index < -0.39 is 0 Å². The molecule has 0 heterocycles. The molecule has 0 amide bonds. The maximum absolute atomic E-state index is 3.76. The van der Waals surface area contributed by atoms with Gasteiger partial charge in [0.25, 0.3) is 0 Å². The third-order valence-electron chi connectivity index (χ3n) is 4.12. The average molecular weight is 355 g/mol. The minimum Gasteiger partial charge on any atom is -0.371 e. The van der Waals surface area contributed by atoms with Crippen LogP contribution in [0.4, 0.5) is 5.69 Å². The summed E-state index contributed by atoms with van der Waals surface area (Å²) in [4.78, 5) is 2.49. The van der Waals surface area contributed by atoms with Crippen molar-refractivity contribution in [2.45, 2.75) is 53.5 Å². The highest BCUT2D eigenvalue weighted by atomic mass is 79.9. The number of nitrogens with one attached hydrogen (secondary N) is 1. The van der Waals surface area contributed by atoms with Crippen molar-refractivity contribution in [3.05, 3.63) is 28.2 Å². The van der Waals surface area contributed by atoms with Crippen LogP contribution >= 0.6 is 15.9 Å². The first kappa shape index (κ1) is 18.5. The number of hydrogen-bond acceptors (Lipinski definition) is 2. The molecule has 3 heteroatoms. The number of nitrogens with zero attached hydrogens (tertiary/aromatic N) is 1. The van der Waals surface area contributed by atoms with Gasteiger partial charge in [-0.2, -0.15) is 0 Å². The summed E-state index contributed by atoms with van der Waals surface area (Å²) in [6.45, 7) is 13.3. The topological polar surface area (TPSA) is 15.3 Å². The second-order valence-electron chi connectivity index (χ2n) is 5.68. The summed E-state index contributed by atoms with van der Waals surface area (Å²) in [5.74, 6) is 0.780. The van der Waals surface area contributed by atoms with E-state index in [4.69, 9.17) is 0 Å². The molecule has 1 aromatic rings. The Bertz CT molecular complexity index is 402. The Labute approximate surface area is 139 Å². The fraction of sp³-hybridized carbons (Fsp3) is 0.667. The van der Waals surface area contributed by atoms with Crippen molar-refractivity contribution in [2.24, 2.45) is 5.92 Å². The van der Waals surface area contributed by atoms with Gasteiger partial charge in [-0.1, -0.05) is 39.7 Å². The highest BCUT2D eigenvalue weighted by Crippen LogP contribution is 2.28. The molecule has 21 heavy (non-hydrogen) atoms. The fourth-order valence-electron chi connectivity index (χ4n) is 2.58. The molecule has 0 aliphatic carbocycles. The Morgan fingerprint density at radius 2 is 1.86 bits per heavy atom. The van der Waals surface area contributed by atoms with E-state index in [0.29, 0.717) is 0 Å². The van der Waals surface area contributed by atoms with E-state index in [1.54, 1.807) is 0 Å². The molecule has 1 N–H and O–H groups in total. The number of benzene rings is 1. The van der Waals surface area contributed by atoms with Crippen molar-refractivity contribution < 1.29 is 0 Å². The first-order valence-electron chi connectivity index (χ1n) is 8.40. The summed E-state index contributed by atoms with van der Waals surface area (Å²) in [6.07, 6.45) is 3.69. The first-order chi connectivity index (χ1) is 10.2. The van der Waals surface area contributed by atoms with Crippen molar-refractivity contribution in [3.63, 3.8) is 0 Å².